The molecule has 0 saturated carbocycles. The summed E-state index contributed by atoms with van der Waals surface area (Å²) in [6.07, 6.45) is 1.80. The van der Waals surface area contributed by atoms with Crippen molar-refractivity contribution in [3.05, 3.63) is 32.4 Å². The van der Waals surface area contributed by atoms with Crippen molar-refractivity contribution in [2.24, 2.45) is 0 Å². The highest BCUT2D eigenvalue weighted by Crippen LogP contribution is 2.28. The van der Waals surface area contributed by atoms with Crippen LogP contribution in [-0.4, -0.2) is 44.1 Å². The van der Waals surface area contributed by atoms with Gasteiger partial charge in [-0.3, -0.25) is 9.78 Å². The molecule has 8 heteroatoms. The first kappa shape index (κ1) is 15.9. The van der Waals surface area contributed by atoms with E-state index in [1.807, 2.05) is 10.3 Å². The lowest BCUT2D eigenvalue weighted by Gasteiger charge is -2.31. The van der Waals surface area contributed by atoms with Crippen LogP contribution in [0.5, 0.6) is 0 Å². The van der Waals surface area contributed by atoms with Gasteiger partial charge in [0.05, 0.1) is 5.01 Å². The molecule has 124 valence electrons. The molecule has 1 fully saturated rings. The Hall–Kier alpha value is -1.96. The van der Waals surface area contributed by atoms with Gasteiger partial charge in [-0.25, -0.2) is 14.9 Å². The molecular weight excluding hydrogens is 314 g/mol. The van der Waals surface area contributed by atoms with Gasteiger partial charge in [-0.05, 0) is 12.8 Å². The van der Waals surface area contributed by atoms with Crippen LogP contribution < -0.4 is 5.69 Å². The summed E-state index contributed by atoms with van der Waals surface area (Å²) >= 11 is 1.53. The van der Waals surface area contributed by atoms with Gasteiger partial charge in [-0.2, -0.15) is 5.10 Å². The molecule has 1 atom stereocenters. The SMILES string of the molecule is CC(C)(C)c1nc(C(=O)N2CCCC(c3n[nH]c(=O)[nH]3)C2)cs1. The van der Waals surface area contributed by atoms with E-state index in [-0.39, 0.29) is 22.9 Å². The standard InChI is InChI=1S/C15H21N5O2S/c1-15(2,3)13-16-10(8-23-13)12(21)20-6-4-5-9(7-20)11-17-14(22)19-18-11/h8-9H,4-7H2,1-3H3,(H2,17,18,19,22). The molecule has 0 spiro atoms. The second-order valence-corrected chi connectivity index (χ2v) is 7.80. The van der Waals surface area contributed by atoms with Crippen LogP contribution in [0.3, 0.4) is 0 Å². The molecule has 2 aromatic rings. The van der Waals surface area contributed by atoms with Crippen molar-refractivity contribution in [2.75, 3.05) is 13.1 Å². The second kappa shape index (κ2) is 5.92. The molecule has 0 aromatic carbocycles. The van der Waals surface area contributed by atoms with Crippen LogP contribution in [0.25, 0.3) is 0 Å². The zero-order chi connectivity index (χ0) is 16.6. The fourth-order valence-electron chi connectivity index (χ4n) is 2.74. The third-order valence-corrected chi connectivity index (χ3v) is 5.25. The number of H-pyrrole nitrogens is 2. The summed E-state index contributed by atoms with van der Waals surface area (Å²) in [5.74, 6) is 0.646. The number of nitrogens with zero attached hydrogens (tertiary/aromatic N) is 3. The van der Waals surface area contributed by atoms with Gasteiger partial charge >= 0.3 is 5.69 Å². The van der Waals surface area contributed by atoms with E-state index < -0.39 is 0 Å². The number of hydrogen-bond acceptors (Lipinski definition) is 5. The fraction of sp³-hybridized carbons (Fsp3) is 0.600. The van der Waals surface area contributed by atoms with E-state index in [2.05, 4.69) is 40.9 Å². The number of hydrogen-bond donors (Lipinski definition) is 2. The van der Waals surface area contributed by atoms with E-state index in [9.17, 15) is 9.59 Å². The summed E-state index contributed by atoms with van der Waals surface area (Å²) < 4.78 is 0. The zero-order valence-corrected chi connectivity index (χ0v) is 14.4. The van der Waals surface area contributed by atoms with Gasteiger partial charge in [-0.1, -0.05) is 20.8 Å². The molecule has 1 amide bonds. The Morgan fingerprint density at radius 1 is 1.43 bits per heavy atom. The Labute approximate surface area is 138 Å². The molecule has 0 aliphatic carbocycles. The monoisotopic (exact) mass is 335 g/mol. The molecule has 23 heavy (non-hydrogen) atoms. The average Bonchev–Trinajstić information content (AvgIpc) is 3.15. The van der Waals surface area contributed by atoms with Crippen molar-refractivity contribution in [3.8, 4) is 0 Å². The van der Waals surface area contributed by atoms with Crippen molar-refractivity contribution < 1.29 is 4.79 Å². The minimum Gasteiger partial charge on any atom is -0.337 e. The van der Waals surface area contributed by atoms with Gasteiger partial charge in [0.15, 0.2) is 0 Å². The van der Waals surface area contributed by atoms with Crippen LogP contribution in [0.2, 0.25) is 0 Å². The van der Waals surface area contributed by atoms with Crippen LogP contribution in [0.4, 0.5) is 0 Å². The molecule has 0 bridgehead atoms. The molecular formula is C15H21N5O2S. The van der Waals surface area contributed by atoms with Gasteiger partial charge in [0.1, 0.15) is 11.5 Å². The zero-order valence-electron chi connectivity index (χ0n) is 13.5. The third-order valence-electron chi connectivity index (χ3n) is 3.98. The van der Waals surface area contributed by atoms with Gasteiger partial charge < -0.3 is 4.90 Å². The number of aromatic amines is 2. The van der Waals surface area contributed by atoms with E-state index in [4.69, 9.17) is 0 Å². The van der Waals surface area contributed by atoms with Crippen molar-refractivity contribution in [2.45, 2.75) is 44.9 Å². The summed E-state index contributed by atoms with van der Waals surface area (Å²) in [5.41, 5.74) is 0.149. The van der Waals surface area contributed by atoms with Crippen molar-refractivity contribution >= 4 is 17.2 Å². The molecule has 2 N–H and O–H groups in total. The van der Waals surface area contributed by atoms with E-state index in [0.717, 1.165) is 17.8 Å². The lowest BCUT2D eigenvalue weighted by atomic mass is 9.97. The van der Waals surface area contributed by atoms with Crippen molar-refractivity contribution in [3.63, 3.8) is 0 Å². The summed E-state index contributed by atoms with van der Waals surface area (Å²) in [5, 5.41) is 9.18. The highest BCUT2D eigenvalue weighted by atomic mass is 32.1. The number of rotatable bonds is 2. The Morgan fingerprint density at radius 3 is 2.83 bits per heavy atom. The maximum Gasteiger partial charge on any atom is 0.340 e. The van der Waals surface area contributed by atoms with E-state index in [0.29, 0.717) is 24.6 Å². The molecule has 1 aliphatic heterocycles. The average molecular weight is 335 g/mol. The van der Waals surface area contributed by atoms with Crippen LogP contribution in [0, 0.1) is 0 Å². The van der Waals surface area contributed by atoms with Crippen molar-refractivity contribution in [1.82, 2.24) is 25.1 Å². The predicted molar refractivity (Wildman–Crippen MR) is 87.9 cm³/mol. The highest BCUT2D eigenvalue weighted by Gasteiger charge is 2.29. The lowest BCUT2D eigenvalue weighted by Crippen LogP contribution is -2.39. The molecule has 3 heterocycles. The molecule has 7 nitrogen and oxygen atoms in total. The third kappa shape index (κ3) is 3.36. The normalized spacial score (nSPS) is 19.1. The van der Waals surface area contributed by atoms with Gasteiger partial charge in [0.2, 0.25) is 0 Å². The van der Waals surface area contributed by atoms with Crippen LogP contribution >= 0.6 is 11.3 Å². The lowest BCUT2D eigenvalue weighted by molar-refractivity contribution is 0.0699. The number of carbonyl (C=O) groups excluding carboxylic acids is 1. The minimum absolute atomic E-state index is 0.0423. The number of carbonyl (C=O) groups is 1. The first-order valence-corrected chi connectivity index (χ1v) is 8.62. The van der Waals surface area contributed by atoms with Crippen LogP contribution in [0.1, 0.15) is 60.9 Å². The maximum atomic E-state index is 12.7. The Bertz CT molecular complexity index is 754. The van der Waals surface area contributed by atoms with Crippen LogP contribution in [-0.2, 0) is 5.41 Å². The minimum atomic E-state index is -0.308. The highest BCUT2D eigenvalue weighted by molar-refractivity contribution is 7.10. The number of likely N-dealkylation sites (tertiary alicyclic amines) is 1. The van der Waals surface area contributed by atoms with E-state index >= 15 is 0 Å². The molecule has 1 unspecified atom stereocenters. The van der Waals surface area contributed by atoms with Crippen LogP contribution in [0.15, 0.2) is 10.2 Å². The summed E-state index contributed by atoms with van der Waals surface area (Å²) in [6, 6.07) is 0. The van der Waals surface area contributed by atoms with Gasteiger partial charge in [0.25, 0.3) is 5.91 Å². The smallest absolute Gasteiger partial charge is 0.337 e. The summed E-state index contributed by atoms with van der Waals surface area (Å²) in [6.45, 7) is 7.54. The number of piperidine rings is 1. The Kier molecular flexibility index (Phi) is 4.09. The number of aromatic nitrogens is 4. The quantitative estimate of drug-likeness (QED) is 0.876. The first-order valence-electron chi connectivity index (χ1n) is 7.74. The topological polar surface area (TPSA) is 94.7 Å². The Balaban J connectivity index is 1.74. The number of thiazole rings is 1. The molecule has 1 saturated heterocycles. The predicted octanol–water partition coefficient (Wildman–Crippen LogP) is 1.87. The molecule has 2 aromatic heterocycles. The maximum absolute atomic E-state index is 12.7. The van der Waals surface area contributed by atoms with E-state index in [1.165, 1.54) is 11.3 Å². The Morgan fingerprint density at radius 2 is 2.22 bits per heavy atom. The fourth-order valence-corrected chi connectivity index (χ4v) is 3.62. The van der Waals surface area contributed by atoms with Gasteiger partial charge in [0, 0.05) is 29.8 Å². The summed E-state index contributed by atoms with van der Waals surface area (Å²) in [4.78, 5) is 32.9. The number of nitrogens with one attached hydrogen (secondary N) is 2. The number of amides is 1. The second-order valence-electron chi connectivity index (χ2n) is 6.94. The first-order chi connectivity index (χ1) is 10.8. The molecule has 1 aliphatic rings. The summed E-state index contributed by atoms with van der Waals surface area (Å²) in [7, 11) is 0. The molecule has 3 rings (SSSR count). The molecule has 0 radical (unpaired) electrons. The van der Waals surface area contributed by atoms with Crippen molar-refractivity contribution in [1.29, 1.82) is 0 Å². The largest absolute Gasteiger partial charge is 0.340 e. The van der Waals surface area contributed by atoms with Gasteiger partial charge in [-0.15, -0.1) is 11.3 Å². The van der Waals surface area contributed by atoms with E-state index in [1.54, 1.807) is 0 Å².